The minimum atomic E-state index is -4.79. The fourth-order valence-electron chi connectivity index (χ4n) is 2.63. The van der Waals surface area contributed by atoms with Gasteiger partial charge < -0.3 is 14.7 Å². The van der Waals surface area contributed by atoms with E-state index in [-0.39, 0.29) is 30.5 Å². The first kappa shape index (κ1) is 17.1. The third kappa shape index (κ3) is 4.61. The summed E-state index contributed by atoms with van der Waals surface area (Å²) in [5, 5.41) is 9.06. The van der Waals surface area contributed by atoms with Crippen molar-refractivity contribution in [1.29, 1.82) is 0 Å². The number of rotatable bonds is 4. The first-order valence-corrected chi connectivity index (χ1v) is 7.01. The largest absolute Gasteiger partial charge is 0.573 e. The summed E-state index contributed by atoms with van der Waals surface area (Å²) in [4.78, 5) is 24.7. The number of carboxylic acids is 1. The summed E-state index contributed by atoms with van der Waals surface area (Å²) < 4.78 is 40.4. The van der Waals surface area contributed by atoms with E-state index in [2.05, 4.69) is 4.74 Å². The summed E-state index contributed by atoms with van der Waals surface area (Å²) in [7, 11) is 0. The summed E-state index contributed by atoms with van der Waals surface area (Å²) in [6, 6.07) is 5.20. The third-order valence-electron chi connectivity index (χ3n) is 3.77. The van der Waals surface area contributed by atoms with Crippen molar-refractivity contribution < 1.29 is 32.6 Å². The van der Waals surface area contributed by atoms with Crippen LogP contribution in [-0.4, -0.2) is 41.3 Å². The zero-order valence-corrected chi connectivity index (χ0v) is 12.3. The highest BCUT2D eigenvalue weighted by Crippen LogP contribution is 2.26. The quantitative estimate of drug-likeness (QED) is 0.919. The normalized spacial score (nSPS) is 21.3. The van der Waals surface area contributed by atoms with Gasteiger partial charge >= 0.3 is 12.3 Å². The molecule has 1 heterocycles. The molecule has 1 amide bonds. The van der Waals surface area contributed by atoms with Crippen molar-refractivity contribution in [3.8, 4) is 5.75 Å². The molecule has 2 rings (SSSR count). The van der Waals surface area contributed by atoms with Crippen LogP contribution in [0.15, 0.2) is 24.3 Å². The van der Waals surface area contributed by atoms with E-state index < -0.39 is 18.2 Å². The Hall–Kier alpha value is -2.25. The molecule has 0 saturated carbocycles. The van der Waals surface area contributed by atoms with Crippen LogP contribution in [0.1, 0.15) is 12.5 Å². The number of benzene rings is 1. The molecule has 2 atom stereocenters. The summed E-state index contributed by atoms with van der Waals surface area (Å²) in [6.07, 6.45) is -4.89. The standard InChI is InChI=1S/C15H16F3NO4/c1-9-7-19(8-12(9)14(21)22)13(20)6-10-3-2-4-11(5-10)23-15(16,17)18/h2-5,9,12H,6-8H2,1H3,(H,21,22)/t9-,12-/m1/s1. The second-order valence-electron chi connectivity index (χ2n) is 5.59. The van der Waals surface area contributed by atoms with Gasteiger partial charge in [-0.15, -0.1) is 13.2 Å². The number of alkyl halides is 3. The molecular formula is C15H16F3NO4. The number of nitrogens with zero attached hydrogens (tertiary/aromatic N) is 1. The number of ether oxygens (including phenoxy) is 1. The van der Waals surface area contributed by atoms with Gasteiger partial charge in [0.05, 0.1) is 12.3 Å². The lowest BCUT2D eigenvalue weighted by Crippen LogP contribution is -2.31. The molecule has 0 spiro atoms. The molecule has 1 fully saturated rings. The van der Waals surface area contributed by atoms with Gasteiger partial charge in [-0.25, -0.2) is 0 Å². The highest BCUT2D eigenvalue weighted by atomic mass is 19.4. The fourth-order valence-corrected chi connectivity index (χ4v) is 2.63. The van der Waals surface area contributed by atoms with E-state index in [9.17, 15) is 22.8 Å². The zero-order valence-electron chi connectivity index (χ0n) is 12.3. The lowest BCUT2D eigenvalue weighted by Gasteiger charge is -2.16. The molecule has 1 N–H and O–H groups in total. The second kappa shape index (κ2) is 6.47. The van der Waals surface area contributed by atoms with Crippen LogP contribution >= 0.6 is 0 Å². The van der Waals surface area contributed by atoms with Crippen molar-refractivity contribution >= 4 is 11.9 Å². The lowest BCUT2D eigenvalue weighted by molar-refractivity contribution is -0.274. The predicted molar refractivity (Wildman–Crippen MR) is 73.7 cm³/mol. The van der Waals surface area contributed by atoms with Crippen LogP contribution in [0.4, 0.5) is 13.2 Å². The Kier molecular flexibility index (Phi) is 4.82. The van der Waals surface area contributed by atoms with Crippen LogP contribution in [0, 0.1) is 11.8 Å². The molecule has 0 radical (unpaired) electrons. The Morgan fingerprint density at radius 3 is 2.61 bits per heavy atom. The maximum Gasteiger partial charge on any atom is 0.573 e. The molecule has 0 aromatic heterocycles. The average molecular weight is 331 g/mol. The van der Waals surface area contributed by atoms with Crippen LogP contribution in [0.5, 0.6) is 5.75 Å². The van der Waals surface area contributed by atoms with Crippen LogP contribution in [0.2, 0.25) is 0 Å². The fraction of sp³-hybridized carbons (Fsp3) is 0.467. The number of carbonyl (C=O) groups excluding carboxylic acids is 1. The van der Waals surface area contributed by atoms with Gasteiger partial charge in [-0.3, -0.25) is 9.59 Å². The number of amides is 1. The Labute approximate surface area is 130 Å². The molecule has 8 heteroatoms. The van der Waals surface area contributed by atoms with Gasteiger partial charge in [-0.2, -0.15) is 0 Å². The van der Waals surface area contributed by atoms with Crippen molar-refractivity contribution in [1.82, 2.24) is 4.90 Å². The number of likely N-dealkylation sites (tertiary alicyclic amines) is 1. The molecular weight excluding hydrogens is 315 g/mol. The highest BCUT2D eigenvalue weighted by Gasteiger charge is 2.36. The minimum Gasteiger partial charge on any atom is -0.481 e. The van der Waals surface area contributed by atoms with Gasteiger partial charge in [0, 0.05) is 13.1 Å². The van der Waals surface area contributed by atoms with Crippen LogP contribution in [0.25, 0.3) is 0 Å². The molecule has 1 aliphatic heterocycles. The van der Waals surface area contributed by atoms with Crippen molar-refractivity contribution in [3.63, 3.8) is 0 Å². The smallest absolute Gasteiger partial charge is 0.481 e. The average Bonchev–Trinajstić information content (AvgIpc) is 2.79. The Balaban J connectivity index is 2.01. The van der Waals surface area contributed by atoms with E-state index in [0.717, 1.165) is 12.1 Å². The predicted octanol–water partition coefficient (Wildman–Crippen LogP) is 2.31. The van der Waals surface area contributed by atoms with E-state index >= 15 is 0 Å². The van der Waals surface area contributed by atoms with E-state index in [1.807, 2.05) is 0 Å². The Bertz CT molecular complexity index is 603. The van der Waals surface area contributed by atoms with Crippen LogP contribution in [0.3, 0.4) is 0 Å². The molecule has 1 saturated heterocycles. The molecule has 23 heavy (non-hydrogen) atoms. The maximum atomic E-state index is 12.2. The number of carbonyl (C=O) groups is 2. The van der Waals surface area contributed by atoms with Gasteiger partial charge in [0.1, 0.15) is 5.75 Å². The zero-order chi connectivity index (χ0) is 17.2. The van der Waals surface area contributed by atoms with Gasteiger partial charge in [-0.1, -0.05) is 19.1 Å². The minimum absolute atomic E-state index is 0.103. The first-order valence-electron chi connectivity index (χ1n) is 7.01. The van der Waals surface area contributed by atoms with Gasteiger partial charge in [-0.05, 0) is 23.6 Å². The topological polar surface area (TPSA) is 66.8 Å². The molecule has 0 bridgehead atoms. The number of halogens is 3. The van der Waals surface area contributed by atoms with Gasteiger partial charge in [0.2, 0.25) is 5.91 Å². The summed E-state index contributed by atoms with van der Waals surface area (Å²) in [5.41, 5.74) is 0.378. The van der Waals surface area contributed by atoms with Crippen molar-refractivity contribution in [2.75, 3.05) is 13.1 Å². The lowest BCUT2D eigenvalue weighted by atomic mass is 9.99. The second-order valence-corrected chi connectivity index (χ2v) is 5.59. The van der Waals surface area contributed by atoms with Crippen molar-refractivity contribution in [2.24, 2.45) is 11.8 Å². The Morgan fingerprint density at radius 1 is 1.35 bits per heavy atom. The molecule has 5 nitrogen and oxygen atoms in total. The number of hydrogen-bond acceptors (Lipinski definition) is 3. The highest BCUT2D eigenvalue weighted by molar-refractivity contribution is 5.81. The summed E-state index contributed by atoms with van der Waals surface area (Å²) in [5.74, 6) is -2.42. The SMILES string of the molecule is C[C@@H]1CN(C(=O)Cc2cccc(OC(F)(F)F)c2)C[C@H]1C(=O)O. The van der Waals surface area contributed by atoms with Crippen LogP contribution < -0.4 is 4.74 Å². The molecule has 126 valence electrons. The van der Waals surface area contributed by atoms with Gasteiger partial charge in [0.25, 0.3) is 0 Å². The monoisotopic (exact) mass is 331 g/mol. The molecule has 1 aliphatic rings. The van der Waals surface area contributed by atoms with E-state index in [1.165, 1.54) is 17.0 Å². The first-order chi connectivity index (χ1) is 10.7. The van der Waals surface area contributed by atoms with E-state index in [0.29, 0.717) is 12.1 Å². The van der Waals surface area contributed by atoms with Gasteiger partial charge in [0.15, 0.2) is 0 Å². The van der Waals surface area contributed by atoms with E-state index in [4.69, 9.17) is 5.11 Å². The number of hydrogen-bond donors (Lipinski definition) is 1. The number of aliphatic carboxylic acids is 1. The Morgan fingerprint density at radius 2 is 2.04 bits per heavy atom. The third-order valence-corrected chi connectivity index (χ3v) is 3.77. The summed E-state index contributed by atoms with van der Waals surface area (Å²) in [6.45, 7) is 2.20. The number of carboxylic acid groups (broad SMARTS) is 1. The molecule has 1 aromatic carbocycles. The van der Waals surface area contributed by atoms with Crippen molar-refractivity contribution in [3.05, 3.63) is 29.8 Å². The maximum absolute atomic E-state index is 12.2. The van der Waals surface area contributed by atoms with Crippen LogP contribution in [-0.2, 0) is 16.0 Å². The summed E-state index contributed by atoms with van der Waals surface area (Å²) >= 11 is 0. The van der Waals surface area contributed by atoms with E-state index in [1.54, 1.807) is 6.92 Å². The molecule has 0 aliphatic carbocycles. The molecule has 1 aromatic rings. The van der Waals surface area contributed by atoms with Crippen molar-refractivity contribution in [2.45, 2.75) is 19.7 Å². The molecule has 0 unspecified atom stereocenters.